The van der Waals surface area contributed by atoms with Crippen molar-refractivity contribution in [2.24, 2.45) is 0 Å². The number of hydrogen-bond acceptors (Lipinski definition) is 8. The van der Waals surface area contributed by atoms with Gasteiger partial charge < -0.3 is 30.1 Å². The van der Waals surface area contributed by atoms with Crippen LogP contribution in [-0.2, 0) is 9.47 Å². The first-order valence-electron chi connectivity index (χ1n) is 16.4. The van der Waals surface area contributed by atoms with Crippen LogP contribution in [-0.4, -0.2) is 90.1 Å². The molecule has 0 radical (unpaired) electrons. The van der Waals surface area contributed by atoms with E-state index in [0.717, 1.165) is 25.7 Å². The molecule has 1 saturated carbocycles. The molecule has 2 aliphatic heterocycles. The number of nitrogens with one attached hydrogen (secondary N) is 4. The van der Waals surface area contributed by atoms with E-state index in [-0.39, 0.29) is 48.2 Å². The largest absolute Gasteiger partial charge is 0.444 e. The summed E-state index contributed by atoms with van der Waals surface area (Å²) < 4.78 is 11.1. The van der Waals surface area contributed by atoms with Gasteiger partial charge in [0, 0.05) is 25.2 Å². The number of ether oxygens (including phenoxy) is 2. The Hall–Kier alpha value is -4.10. The summed E-state index contributed by atoms with van der Waals surface area (Å²) in [5, 5.41) is 6.17. The van der Waals surface area contributed by atoms with Crippen LogP contribution in [0.25, 0.3) is 0 Å². The van der Waals surface area contributed by atoms with Gasteiger partial charge in [0.25, 0.3) is 11.8 Å². The quantitative estimate of drug-likeness (QED) is 0.350. The molecule has 0 spiro atoms. The molecule has 252 valence electrons. The number of aromatic nitrogens is 4. The minimum Gasteiger partial charge on any atom is -0.444 e. The lowest BCUT2D eigenvalue weighted by Gasteiger charge is -2.29. The molecule has 0 unspecified atom stereocenters. The topological polar surface area (TPSA) is 175 Å². The van der Waals surface area contributed by atoms with Crippen LogP contribution in [0.4, 0.5) is 9.59 Å². The number of hydrogen-bond donors (Lipinski definition) is 4. The van der Waals surface area contributed by atoms with E-state index >= 15 is 0 Å². The Bertz CT molecular complexity index is 1310. The Labute approximate surface area is 269 Å². The van der Waals surface area contributed by atoms with Crippen LogP contribution < -0.4 is 10.6 Å². The van der Waals surface area contributed by atoms with Crippen LogP contribution >= 0.6 is 0 Å². The van der Waals surface area contributed by atoms with E-state index in [2.05, 4.69) is 30.6 Å². The fourth-order valence-corrected chi connectivity index (χ4v) is 6.33. The van der Waals surface area contributed by atoms with Crippen molar-refractivity contribution >= 4 is 24.0 Å². The first-order chi connectivity index (χ1) is 21.7. The number of aromatic amines is 2. The molecule has 0 bridgehead atoms. The monoisotopic (exact) mass is 640 g/mol. The molecule has 5 rings (SSSR count). The number of amides is 4. The van der Waals surface area contributed by atoms with E-state index in [1.807, 2.05) is 41.5 Å². The van der Waals surface area contributed by atoms with Crippen molar-refractivity contribution in [3.05, 3.63) is 35.4 Å². The number of likely N-dealkylation sites (tertiary alicyclic amines) is 2. The molecule has 2 aromatic rings. The van der Waals surface area contributed by atoms with Crippen LogP contribution in [0.15, 0.2) is 12.4 Å². The van der Waals surface area contributed by atoms with Crippen LogP contribution in [0.3, 0.4) is 0 Å². The van der Waals surface area contributed by atoms with Gasteiger partial charge in [0.05, 0.1) is 24.5 Å². The molecule has 1 aliphatic carbocycles. The van der Waals surface area contributed by atoms with Crippen molar-refractivity contribution in [3.8, 4) is 0 Å². The van der Waals surface area contributed by atoms with Crippen molar-refractivity contribution in [1.82, 2.24) is 40.4 Å². The third-order valence-electron chi connectivity index (χ3n) is 8.47. The minimum absolute atomic E-state index is 0.0305. The van der Waals surface area contributed by atoms with Gasteiger partial charge >= 0.3 is 12.2 Å². The number of imidazole rings is 2. The SMILES string of the molecule is CC(C)(C)OC(=O)N1CCC[C@H]1c1ncc(C(=O)NC2CCC(NC(=O)c3cnc([C@@H]4CCCN4C(=O)OC(C)(C)C)[nH]3)CC2)[nH]1. The molecular formula is C32H48N8O6. The second kappa shape index (κ2) is 13.3. The summed E-state index contributed by atoms with van der Waals surface area (Å²) in [6.45, 7) is 12.2. The maximum Gasteiger partial charge on any atom is 0.410 e. The number of H-pyrrole nitrogens is 2. The van der Waals surface area contributed by atoms with Gasteiger partial charge in [-0.15, -0.1) is 0 Å². The number of rotatable bonds is 6. The molecule has 3 fully saturated rings. The highest BCUT2D eigenvalue weighted by Crippen LogP contribution is 2.33. The zero-order valence-electron chi connectivity index (χ0n) is 27.8. The van der Waals surface area contributed by atoms with Crippen LogP contribution in [0.5, 0.6) is 0 Å². The normalized spacial score (nSPS) is 23.7. The summed E-state index contributed by atoms with van der Waals surface area (Å²) in [7, 11) is 0. The Balaban J connectivity index is 1.08. The van der Waals surface area contributed by atoms with Crippen molar-refractivity contribution in [3.63, 3.8) is 0 Å². The third kappa shape index (κ3) is 8.18. The highest BCUT2D eigenvalue weighted by Gasteiger charge is 2.37. The molecule has 4 amide bonds. The van der Waals surface area contributed by atoms with E-state index in [9.17, 15) is 19.2 Å². The fourth-order valence-electron chi connectivity index (χ4n) is 6.33. The van der Waals surface area contributed by atoms with E-state index in [0.29, 0.717) is 61.8 Å². The Morgan fingerprint density at radius 2 is 1.04 bits per heavy atom. The molecule has 2 aromatic heterocycles. The molecular weight excluding hydrogens is 592 g/mol. The van der Waals surface area contributed by atoms with E-state index in [1.165, 1.54) is 12.4 Å². The highest BCUT2D eigenvalue weighted by atomic mass is 16.6. The van der Waals surface area contributed by atoms with Gasteiger partial charge in [0.2, 0.25) is 0 Å². The predicted molar refractivity (Wildman–Crippen MR) is 168 cm³/mol. The predicted octanol–water partition coefficient (Wildman–Crippen LogP) is 4.75. The van der Waals surface area contributed by atoms with Crippen molar-refractivity contribution in [2.45, 2.75) is 128 Å². The number of carbonyl (C=O) groups is 4. The van der Waals surface area contributed by atoms with Gasteiger partial charge in [0.1, 0.15) is 34.2 Å². The summed E-state index contributed by atoms with van der Waals surface area (Å²) in [4.78, 5) is 69.8. The molecule has 3 aliphatic rings. The summed E-state index contributed by atoms with van der Waals surface area (Å²) in [5.74, 6) is 0.663. The maximum atomic E-state index is 13.0. The number of carbonyl (C=O) groups excluding carboxylic acids is 4. The Kier molecular flexibility index (Phi) is 9.64. The molecule has 2 atom stereocenters. The first-order valence-corrected chi connectivity index (χ1v) is 16.4. The van der Waals surface area contributed by atoms with Gasteiger partial charge in [-0.1, -0.05) is 0 Å². The molecule has 14 heteroatoms. The number of nitrogens with zero attached hydrogens (tertiary/aromatic N) is 4. The zero-order chi connectivity index (χ0) is 33.2. The lowest BCUT2D eigenvalue weighted by Crippen LogP contribution is -2.44. The molecule has 0 aromatic carbocycles. The van der Waals surface area contributed by atoms with Gasteiger partial charge in [-0.2, -0.15) is 0 Å². The van der Waals surface area contributed by atoms with Crippen molar-refractivity contribution in [2.75, 3.05) is 13.1 Å². The van der Waals surface area contributed by atoms with Crippen molar-refractivity contribution in [1.29, 1.82) is 0 Å². The highest BCUT2D eigenvalue weighted by molar-refractivity contribution is 5.93. The van der Waals surface area contributed by atoms with Crippen LogP contribution in [0.2, 0.25) is 0 Å². The average Bonchev–Trinajstić information content (AvgIpc) is 3.77. The molecule has 46 heavy (non-hydrogen) atoms. The molecule has 14 nitrogen and oxygen atoms in total. The Morgan fingerprint density at radius 1 is 0.674 bits per heavy atom. The lowest BCUT2D eigenvalue weighted by atomic mass is 9.91. The second-order valence-electron chi connectivity index (χ2n) is 14.5. The average molecular weight is 641 g/mol. The summed E-state index contributed by atoms with van der Waals surface area (Å²) in [6, 6.07) is -0.582. The minimum atomic E-state index is -0.592. The second-order valence-corrected chi connectivity index (χ2v) is 14.5. The van der Waals surface area contributed by atoms with E-state index < -0.39 is 11.2 Å². The molecule has 4 heterocycles. The summed E-state index contributed by atoms with van der Waals surface area (Å²) in [5.41, 5.74) is -0.483. The molecule has 2 saturated heterocycles. The first kappa shape index (κ1) is 33.3. The summed E-state index contributed by atoms with van der Waals surface area (Å²) in [6.07, 6.45) is 8.28. The molecule has 4 N–H and O–H groups in total. The lowest BCUT2D eigenvalue weighted by molar-refractivity contribution is 0.0208. The van der Waals surface area contributed by atoms with Crippen LogP contribution in [0.1, 0.15) is 138 Å². The van der Waals surface area contributed by atoms with E-state index in [1.54, 1.807) is 9.80 Å². The maximum absolute atomic E-state index is 13.0. The van der Waals surface area contributed by atoms with Gasteiger partial charge in [-0.05, 0) is 92.9 Å². The van der Waals surface area contributed by atoms with E-state index in [4.69, 9.17) is 9.47 Å². The van der Waals surface area contributed by atoms with Crippen LogP contribution in [0, 0.1) is 0 Å². The third-order valence-corrected chi connectivity index (χ3v) is 8.47. The Morgan fingerprint density at radius 3 is 1.39 bits per heavy atom. The summed E-state index contributed by atoms with van der Waals surface area (Å²) >= 11 is 0. The van der Waals surface area contributed by atoms with Gasteiger partial charge in [-0.3, -0.25) is 19.4 Å². The van der Waals surface area contributed by atoms with Crippen molar-refractivity contribution < 1.29 is 28.7 Å². The van der Waals surface area contributed by atoms with Gasteiger partial charge in [0.15, 0.2) is 0 Å². The fraction of sp³-hybridized carbons (Fsp3) is 0.688. The zero-order valence-corrected chi connectivity index (χ0v) is 27.8. The standard InChI is InChI=1S/C32H48N8O6/c1-31(2,3)45-29(43)39-15-7-9-23(39)25-33-17-21(37-25)27(41)35-19-11-13-20(14-12-19)36-28(42)22-18-34-26(38-22)24-10-8-16-40(24)30(44)46-32(4,5)6/h17-20,23-24H,7-16H2,1-6H3,(H,33,37)(H,34,38)(H,35,41)(H,36,42)/t19?,20?,23-,24-/m0/s1. The van der Waals surface area contributed by atoms with Gasteiger partial charge in [-0.25, -0.2) is 19.6 Å². The smallest absolute Gasteiger partial charge is 0.410 e.